The summed E-state index contributed by atoms with van der Waals surface area (Å²) in [5.74, 6) is -3.81. The van der Waals surface area contributed by atoms with E-state index in [0.29, 0.717) is 16.7 Å². The zero-order valence-corrected chi connectivity index (χ0v) is 28.0. The SMILES string of the molecule is CCOC(=O)C(COC(=O)Cc1ccc(NC(=O)c2ccccc2-c2ccc(C(F)(F)F)cc2)c(NC(C)=O)c1)(C(=O)OCC)c1ccccc1. The third-order valence-corrected chi connectivity index (χ3v) is 7.65. The van der Waals surface area contributed by atoms with E-state index in [4.69, 9.17) is 14.2 Å². The minimum atomic E-state index is -4.52. The summed E-state index contributed by atoms with van der Waals surface area (Å²) < 4.78 is 55.2. The molecule has 0 saturated heterocycles. The Hall–Kier alpha value is -5.98. The minimum absolute atomic E-state index is 0.0454. The van der Waals surface area contributed by atoms with Crippen LogP contribution >= 0.6 is 0 Å². The van der Waals surface area contributed by atoms with Gasteiger partial charge in [0.05, 0.1) is 36.6 Å². The van der Waals surface area contributed by atoms with Crippen molar-refractivity contribution in [2.45, 2.75) is 38.8 Å². The van der Waals surface area contributed by atoms with Gasteiger partial charge in [-0.1, -0.05) is 66.7 Å². The molecule has 0 aromatic heterocycles. The summed E-state index contributed by atoms with van der Waals surface area (Å²) in [6.45, 7) is 3.59. The summed E-state index contributed by atoms with van der Waals surface area (Å²) in [4.78, 5) is 65.2. The van der Waals surface area contributed by atoms with Gasteiger partial charge in [0, 0.05) is 12.5 Å². The fourth-order valence-corrected chi connectivity index (χ4v) is 5.22. The molecule has 4 rings (SSSR count). The molecule has 0 aliphatic rings. The molecule has 0 bridgehead atoms. The molecule has 13 heteroatoms. The summed E-state index contributed by atoms with van der Waals surface area (Å²) in [5.41, 5.74) is -1.13. The first-order valence-electron chi connectivity index (χ1n) is 15.8. The van der Waals surface area contributed by atoms with Gasteiger partial charge in [0.2, 0.25) is 11.3 Å². The van der Waals surface area contributed by atoms with Gasteiger partial charge in [-0.2, -0.15) is 13.2 Å². The van der Waals surface area contributed by atoms with Crippen LogP contribution in [0.3, 0.4) is 0 Å². The van der Waals surface area contributed by atoms with E-state index in [0.717, 1.165) is 12.1 Å². The number of esters is 3. The smallest absolute Gasteiger partial charge is 0.416 e. The van der Waals surface area contributed by atoms with Crippen LogP contribution in [0, 0.1) is 0 Å². The van der Waals surface area contributed by atoms with E-state index in [1.165, 1.54) is 55.5 Å². The second kappa shape index (κ2) is 16.6. The van der Waals surface area contributed by atoms with Gasteiger partial charge in [-0.25, -0.2) is 0 Å². The normalized spacial score (nSPS) is 11.3. The third kappa shape index (κ3) is 9.18. The average Bonchev–Trinajstić information content (AvgIpc) is 3.10. The number of nitrogens with one attached hydrogen (secondary N) is 2. The average molecular weight is 705 g/mol. The molecule has 51 heavy (non-hydrogen) atoms. The van der Waals surface area contributed by atoms with Gasteiger partial charge in [0.15, 0.2) is 0 Å². The number of carbonyl (C=O) groups is 5. The van der Waals surface area contributed by atoms with Crippen LogP contribution < -0.4 is 10.6 Å². The van der Waals surface area contributed by atoms with Crippen molar-refractivity contribution in [2.24, 2.45) is 0 Å². The Bertz CT molecular complexity index is 1880. The van der Waals surface area contributed by atoms with Crippen LogP contribution in [0.2, 0.25) is 0 Å². The fourth-order valence-electron chi connectivity index (χ4n) is 5.22. The predicted molar refractivity (Wildman–Crippen MR) is 182 cm³/mol. The molecule has 0 heterocycles. The standard InChI is InChI=1S/C38H35F3N2O8/c1-4-49-35(47)37(36(48)50-5-2,27-11-7-6-8-12-27)23-51-33(45)22-25-15-20-31(32(21-25)42-24(3)44)43-34(46)30-14-10-9-13-29(30)26-16-18-28(19-17-26)38(39,40)41/h6-21H,4-5,22-23H2,1-3H3,(H,42,44)(H,43,46). The fraction of sp³-hybridized carbons (Fsp3) is 0.237. The first-order valence-corrected chi connectivity index (χ1v) is 15.8. The van der Waals surface area contributed by atoms with Crippen molar-refractivity contribution in [2.75, 3.05) is 30.5 Å². The van der Waals surface area contributed by atoms with Crippen molar-refractivity contribution in [1.82, 2.24) is 0 Å². The molecule has 266 valence electrons. The number of hydrogen-bond donors (Lipinski definition) is 2. The Morgan fingerprint density at radius 3 is 1.86 bits per heavy atom. The van der Waals surface area contributed by atoms with Gasteiger partial charge in [-0.3, -0.25) is 24.0 Å². The number of amides is 2. The van der Waals surface area contributed by atoms with E-state index < -0.39 is 53.5 Å². The van der Waals surface area contributed by atoms with Gasteiger partial charge >= 0.3 is 24.1 Å². The Morgan fingerprint density at radius 1 is 0.667 bits per heavy atom. The first kappa shape index (κ1) is 37.8. The maximum Gasteiger partial charge on any atom is 0.416 e. The van der Waals surface area contributed by atoms with Gasteiger partial charge in [0.25, 0.3) is 5.91 Å². The largest absolute Gasteiger partial charge is 0.465 e. The Labute approximate surface area is 291 Å². The number of ether oxygens (including phenoxy) is 3. The molecule has 0 fully saturated rings. The van der Waals surface area contributed by atoms with Crippen LogP contribution in [0.4, 0.5) is 24.5 Å². The van der Waals surface area contributed by atoms with Crippen LogP contribution in [-0.4, -0.2) is 49.5 Å². The van der Waals surface area contributed by atoms with Crippen LogP contribution in [-0.2, 0) is 51.4 Å². The van der Waals surface area contributed by atoms with Gasteiger partial charge in [-0.15, -0.1) is 0 Å². The maximum absolute atomic E-state index is 13.5. The minimum Gasteiger partial charge on any atom is -0.465 e. The summed E-state index contributed by atoms with van der Waals surface area (Å²) >= 11 is 0. The molecule has 2 amide bonds. The molecule has 4 aromatic rings. The highest BCUT2D eigenvalue weighted by Gasteiger charge is 2.52. The number of rotatable bonds is 13. The number of halogens is 3. The van der Waals surface area contributed by atoms with Crippen molar-refractivity contribution >= 4 is 41.1 Å². The molecule has 0 aliphatic carbocycles. The van der Waals surface area contributed by atoms with Crippen LogP contribution in [0.5, 0.6) is 0 Å². The Balaban J connectivity index is 1.56. The highest BCUT2D eigenvalue weighted by molar-refractivity contribution is 6.11. The molecule has 0 radical (unpaired) electrons. The lowest BCUT2D eigenvalue weighted by atomic mass is 9.81. The Morgan fingerprint density at radius 2 is 1.27 bits per heavy atom. The van der Waals surface area contributed by atoms with E-state index in [-0.39, 0.29) is 42.1 Å². The van der Waals surface area contributed by atoms with Crippen molar-refractivity contribution in [1.29, 1.82) is 0 Å². The number of benzene rings is 4. The molecule has 0 unspecified atom stereocenters. The lowest BCUT2D eigenvalue weighted by molar-refractivity contribution is -0.170. The van der Waals surface area contributed by atoms with Crippen molar-refractivity contribution < 1.29 is 51.4 Å². The third-order valence-electron chi connectivity index (χ3n) is 7.65. The molecule has 4 aromatic carbocycles. The summed E-state index contributed by atoms with van der Waals surface area (Å²) in [6.07, 6.45) is -4.87. The molecule has 2 N–H and O–H groups in total. The predicted octanol–water partition coefficient (Wildman–Crippen LogP) is 6.73. The topological polar surface area (TPSA) is 137 Å². The van der Waals surface area contributed by atoms with Crippen molar-refractivity contribution in [3.63, 3.8) is 0 Å². The Kier molecular flexibility index (Phi) is 12.3. The van der Waals surface area contributed by atoms with E-state index in [1.54, 1.807) is 50.2 Å². The zero-order chi connectivity index (χ0) is 37.2. The van der Waals surface area contributed by atoms with E-state index in [9.17, 15) is 37.1 Å². The quantitative estimate of drug-likeness (QED) is 0.0888. The molecule has 10 nitrogen and oxygen atoms in total. The lowest BCUT2D eigenvalue weighted by Crippen LogP contribution is -2.50. The maximum atomic E-state index is 13.5. The second-order valence-electron chi connectivity index (χ2n) is 11.2. The summed E-state index contributed by atoms with van der Waals surface area (Å²) in [6, 6.07) is 23.1. The van der Waals surface area contributed by atoms with Gasteiger partial charge < -0.3 is 24.8 Å². The second-order valence-corrected chi connectivity index (χ2v) is 11.2. The van der Waals surface area contributed by atoms with Crippen LogP contribution in [0.15, 0.2) is 97.1 Å². The monoisotopic (exact) mass is 704 g/mol. The number of carbonyl (C=O) groups excluding carboxylic acids is 5. The summed E-state index contributed by atoms with van der Waals surface area (Å²) in [7, 11) is 0. The lowest BCUT2D eigenvalue weighted by Gasteiger charge is -2.29. The van der Waals surface area contributed by atoms with Gasteiger partial charge in [0.1, 0.15) is 6.61 Å². The van der Waals surface area contributed by atoms with Crippen molar-refractivity contribution in [3.05, 3.63) is 119 Å². The van der Waals surface area contributed by atoms with E-state index >= 15 is 0 Å². The molecular formula is C38H35F3N2O8. The first-order chi connectivity index (χ1) is 24.3. The van der Waals surface area contributed by atoms with Gasteiger partial charge in [-0.05, 0) is 66.4 Å². The van der Waals surface area contributed by atoms with E-state index in [2.05, 4.69) is 10.6 Å². The molecule has 0 aliphatic heterocycles. The van der Waals surface area contributed by atoms with E-state index in [1.807, 2.05) is 0 Å². The molecule has 0 atom stereocenters. The molecule has 0 saturated carbocycles. The molecule has 0 spiro atoms. The van der Waals surface area contributed by atoms with Crippen LogP contribution in [0.25, 0.3) is 11.1 Å². The highest BCUT2D eigenvalue weighted by Crippen LogP contribution is 2.33. The number of alkyl halides is 3. The van der Waals surface area contributed by atoms with Crippen LogP contribution in [0.1, 0.15) is 47.8 Å². The highest BCUT2D eigenvalue weighted by atomic mass is 19.4. The summed E-state index contributed by atoms with van der Waals surface area (Å²) in [5, 5.41) is 5.33. The number of anilines is 2. The number of hydrogen-bond acceptors (Lipinski definition) is 8. The van der Waals surface area contributed by atoms with Crippen molar-refractivity contribution in [3.8, 4) is 11.1 Å². The zero-order valence-electron chi connectivity index (χ0n) is 28.0. The molecular weight excluding hydrogens is 669 g/mol.